The second-order valence-corrected chi connectivity index (χ2v) is 13.3. The highest BCUT2D eigenvalue weighted by Crippen LogP contribution is 2.45. The van der Waals surface area contributed by atoms with Gasteiger partial charge in [0.05, 0.1) is 28.8 Å². The Kier molecular flexibility index (Phi) is 7.06. The van der Waals surface area contributed by atoms with Crippen molar-refractivity contribution in [2.75, 3.05) is 0 Å². The monoisotopic (exact) mass is 742 g/mol. The zero-order valence-electron chi connectivity index (χ0n) is 28.1. The quantitative estimate of drug-likeness (QED) is 0.0762. The first-order valence-corrected chi connectivity index (χ1v) is 17.1. The van der Waals surface area contributed by atoms with Crippen LogP contribution >= 0.6 is 0 Å². The molecule has 10 rings (SSSR count). The van der Waals surface area contributed by atoms with Crippen LogP contribution in [0.25, 0.3) is 67.7 Å². The van der Waals surface area contributed by atoms with Crippen LogP contribution in [-0.2, 0) is 0 Å². The van der Waals surface area contributed by atoms with E-state index in [1.54, 1.807) is 24.3 Å². The summed E-state index contributed by atoms with van der Waals surface area (Å²) in [5.74, 6) is -10.7. The fourth-order valence-electron chi connectivity index (χ4n) is 7.65. The van der Waals surface area contributed by atoms with E-state index in [1.807, 2.05) is 84.9 Å². The standard InChI is InChI=1S/C43H22BF7N2O2/c45-39-38(40(46)42(48)43(49)41(39)47)37-31-21-35-29(19-33(54-35)27-15-7-13-25(17-27)23-9-3-1-4-10-23)52(31)44(50,51)53-30-20-34(55-36(30)22-32(37)53)28-16-8-14-26(18-28)24-11-5-2-6-12-24/h1-22H. The fraction of sp³-hybridized carbons (Fsp3) is 0. The Bertz CT molecular complexity index is 3050. The summed E-state index contributed by atoms with van der Waals surface area (Å²) in [5, 5.41) is -0.159. The number of fused-ring (bicyclic) bond motifs is 5. The molecule has 0 saturated heterocycles. The van der Waals surface area contributed by atoms with Gasteiger partial charge in [-0.25, -0.2) is 22.0 Å². The Labute approximate surface area is 306 Å². The second-order valence-electron chi connectivity index (χ2n) is 13.3. The third-order valence-electron chi connectivity index (χ3n) is 10.2. The molecule has 0 spiro atoms. The minimum atomic E-state index is -4.92. The molecule has 268 valence electrons. The first-order chi connectivity index (χ1) is 26.6. The number of rotatable bonds is 5. The van der Waals surface area contributed by atoms with Crippen molar-refractivity contribution in [2.45, 2.75) is 0 Å². The van der Waals surface area contributed by atoms with Crippen LogP contribution in [-0.4, -0.2) is 11.4 Å². The largest absolute Gasteiger partial charge is 0.738 e. The van der Waals surface area contributed by atoms with E-state index in [1.165, 1.54) is 12.1 Å². The minimum Gasteiger partial charge on any atom is -0.455 e. The lowest BCUT2D eigenvalue weighted by Crippen LogP contribution is -2.56. The molecule has 4 nitrogen and oxygen atoms in total. The van der Waals surface area contributed by atoms with Crippen LogP contribution in [0.5, 0.6) is 0 Å². The van der Waals surface area contributed by atoms with Crippen LogP contribution in [0.2, 0.25) is 0 Å². The van der Waals surface area contributed by atoms with Gasteiger partial charge in [0.1, 0.15) is 17.1 Å². The first-order valence-electron chi connectivity index (χ1n) is 17.1. The molecule has 5 heterocycles. The lowest BCUT2D eigenvalue weighted by atomic mass is 9.85. The third-order valence-corrected chi connectivity index (χ3v) is 10.2. The predicted octanol–water partition coefficient (Wildman–Crippen LogP) is 10.2. The molecule has 55 heavy (non-hydrogen) atoms. The van der Waals surface area contributed by atoms with Crippen LogP contribution in [0.15, 0.2) is 142 Å². The SMILES string of the molecule is Fc1c(F)c(F)c(C2=C3C=c4oc(-c5cccc(-c6ccccc6)c5)cc4=[N+]3[B-](F)(F)n3c2cc2oc(-c4cccc(-c5ccccc5)c4)cc23)c(F)c1F. The zero-order valence-corrected chi connectivity index (χ0v) is 28.1. The number of allylic oxidation sites excluding steroid dienone is 1. The maximum Gasteiger partial charge on any atom is 0.738 e. The van der Waals surface area contributed by atoms with Gasteiger partial charge >= 0.3 is 6.97 Å². The fourth-order valence-corrected chi connectivity index (χ4v) is 7.65. The number of halogens is 7. The van der Waals surface area contributed by atoms with Crippen LogP contribution in [0.1, 0.15) is 11.3 Å². The Morgan fingerprint density at radius 1 is 0.509 bits per heavy atom. The Morgan fingerprint density at radius 2 is 1.02 bits per heavy atom. The van der Waals surface area contributed by atoms with E-state index in [2.05, 4.69) is 0 Å². The summed E-state index contributed by atoms with van der Waals surface area (Å²) in [6.07, 6.45) is 1.13. The van der Waals surface area contributed by atoms with Gasteiger partial charge in [-0.05, 0) is 34.4 Å². The molecule has 2 aliphatic rings. The molecule has 3 aromatic heterocycles. The molecule has 0 unspecified atom stereocenters. The molecule has 0 amide bonds. The predicted molar refractivity (Wildman–Crippen MR) is 195 cm³/mol. The Morgan fingerprint density at radius 3 is 1.60 bits per heavy atom. The molecule has 0 saturated carbocycles. The summed E-state index contributed by atoms with van der Waals surface area (Å²) >= 11 is 0. The number of benzene rings is 5. The van der Waals surface area contributed by atoms with Crippen LogP contribution in [0.4, 0.5) is 30.6 Å². The molecule has 2 aliphatic heterocycles. The highest BCUT2D eigenvalue weighted by Gasteiger charge is 2.55. The van der Waals surface area contributed by atoms with Crippen molar-refractivity contribution < 1.29 is 39.4 Å². The highest BCUT2D eigenvalue weighted by atomic mass is 19.2. The zero-order chi connectivity index (χ0) is 37.7. The summed E-state index contributed by atoms with van der Waals surface area (Å²) < 4.78 is 123. The summed E-state index contributed by atoms with van der Waals surface area (Å²) in [5.41, 5.74) is 1.25. The van der Waals surface area contributed by atoms with Crippen molar-refractivity contribution in [1.82, 2.24) is 8.96 Å². The van der Waals surface area contributed by atoms with E-state index < -0.39 is 58.6 Å². The highest BCUT2D eigenvalue weighted by molar-refractivity contribution is 6.65. The van der Waals surface area contributed by atoms with Gasteiger partial charge in [0, 0.05) is 29.0 Å². The number of aromatic nitrogens is 1. The van der Waals surface area contributed by atoms with Gasteiger partial charge in [-0.2, -0.15) is 0 Å². The second kappa shape index (κ2) is 11.8. The lowest BCUT2D eigenvalue weighted by Gasteiger charge is -2.31. The van der Waals surface area contributed by atoms with Crippen LogP contribution < -0.4 is 15.3 Å². The molecular formula is C43H22BF7N2O2. The van der Waals surface area contributed by atoms with Crippen molar-refractivity contribution in [3.05, 3.63) is 184 Å². The molecular weight excluding hydrogens is 720 g/mol. The van der Waals surface area contributed by atoms with E-state index in [4.69, 9.17) is 8.83 Å². The first kappa shape index (κ1) is 32.8. The molecule has 5 aromatic carbocycles. The maximum atomic E-state index is 17.3. The van der Waals surface area contributed by atoms with Crippen LogP contribution in [0, 0.1) is 29.1 Å². The molecule has 0 bridgehead atoms. The van der Waals surface area contributed by atoms with Crippen LogP contribution in [0.3, 0.4) is 0 Å². The van der Waals surface area contributed by atoms with Gasteiger partial charge in [-0.15, -0.1) is 0 Å². The van der Waals surface area contributed by atoms with E-state index in [0.29, 0.717) is 20.1 Å². The van der Waals surface area contributed by atoms with Gasteiger partial charge < -0.3 is 26.4 Å². The molecule has 12 heteroatoms. The van der Waals surface area contributed by atoms with E-state index in [0.717, 1.165) is 34.4 Å². The summed E-state index contributed by atoms with van der Waals surface area (Å²) in [4.78, 5) is 0. The van der Waals surface area contributed by atoms with Crippen molar-refractivity contribution in [1.29, 1.82) is 0 Å². The van der Waals surface area contributed by atoms with Crippen molar-refractivity contribution in [2.24, 2.45) is 0 Å². The smallest absolute Gasteiger partial charge is 0.455 e. The van der Waals surface area contributed by atoms with E-state index >= 15 is 17.4 Å². The topological polar surface area (TPSA) is 34.2 Å². The number of hydrogen-bond donors (Lipinski definition) is 0. The average Bonchev–Trinajstić information content (AvgIpc) is 3.98. The van der Waals surface area contributed by atoms with Crippen molar-refractivity contribution >= 4 is 29.7 Å². The summed E-state index contributed by atoms with van der Waals surface area (Å²) in [6.45, 7) is -4.92. The number of hydrogen-bond acceptors (Lipinski definition) is 2. The molecule has 0 N–H and O–H groups in total. The van der Waals surface area contributed by atoms with Crippen molar-refractivity contribution in [3.8, 4) is 44.9 Å². The molecule has 0 atom stereocenters. The molecule has 0 aliphatic carbocycles. The number of nitrogens with zero attached hydrogens (tertiary/aromatic N) is 2. The molecule has 0 radical (unpaired) electrons. The Hall–Kier alpha value is -6.82. The maximum absolute atomic E-state index is 17.3. The summed E-state index contributed by atoms with van der Waals surface area (Å²) in [6, 6.07) is 37.3. The molecule has 0 fully saturated rings. The van der Waals surface area contributed by atoms with E-state index in [-0.39, 0.29) is 33.4 Å². The lowest BCUT2D eigenvalue weighted by molar-refractivity contribution is 0.376. The van der Waals surface area contributed by atoms with Gasteiger partial charge in [0.25, 0.3) is 0 Å². The van der Waals surface area contributed by atoms with E-state index in [9.17, 15) is 13.2 Å². The van der Waals surface area contributed by atoms with Crippen molar-refractivity contribution in [3.63, 3.8) is 0 Å². The summed E-state index contributed by atoms with van der Waals surface area (Å²) in [7, 11) is 0. The number of furan rings is 2. The minimum absolute atomic E-state index is 0.0920. The van der Waals surface area contributed by atoms with Gasteiger partial charge in [-0.3, -0.25) is 0 Å². The van der Waals surface area contributed by atoms with Gasteiger partial charge in [0.2, 0.25) is 11.2 Å². The third kappa shape index (κ3) is 4.83. The normalized spacial score (nSPS) is 14.3. The molecule has 8 aromatic rings. The van der Waals surface area contributed by atoms with Gasteiger partial charge in [-0.1, -0.05) is 97.1 Å². The Balaban J connectivity index is 1.21. The average molecular weight is 742 g/mol. The van der Waals surface area contributed by atoms with Gasteiger partial charge in [0.15, 0.2) is 34.4 Å².